The predicted octanol–water partition coefficient (Wildman–Crippen LogP) is 0.325. The fourth-order valence-electron chi connectivity index (χ4n) is 1.90. The summed E-state index contributed by atoms with van der Waals surface area (Å²) in [5.74, 6) is -3.06. The second-order valence-electron chi connectivity index (χ2n) is 5.24. The molecule has 0 aromatic carbocycles. The number of carbonyl (C=O) groups excluding carboxylic acids is 2. The summed E-state index contributed by atoms with van der Waals surface area (Å²) in [5.41, 5.74) is 0. The number of nitrogens with one attached hydrogen (secondary N) is 2. The van der Waals surface area contributed by atoms with Crippen LogP contribution in [-0.2, 0) is 19.2 Å². The summed E-state index contributed by atoms with van der Waals surface area (Å²) >= 11 is 8.49. The number of carbonyl (C=O) groups is 4. The second-order valence-corrected chi connectivity index (χ2v) is 6.42. The standard InChI is InChI=1S/C14H24N2O6S2/c17-11(4-2-1-3-9(24)5-6-23)16-10(7-12(18)19)14(22)15-8-13(20)21/h9-10,23-24H,1-8H2,(H,15,22)(H,16,17)(H,18,19)(H,20,21). The molecule has 0 aromatic rings. The Labute approximate surface area is 151 Å². The highest BCUT2D eigenvalue weighted by atomic mass is 32.1. The molecule has 0 aliphatic carbocycles. The highest BCUT2D eigenvalue weighted by molar-refractivity contribution is 7.81. The smallest absolute Gasteiger partial charge is 0.322 e. The lowest BCUT2D eigenvalue weighted by molar-refractivity contribution is -0.141. The van der Waals surface area contributed by atoms with Gasteiger partial charge in [-0.2, -0.15) is 25.3 Å². The monoisotopic (exact) mass is 380 g/mol. The summed E-state index contributed by atoms with van der Waals surface area (Å²) in [6, 6.07) is -1.30. The summed E-state index contributed by atoms with van der Waals surface area (Å²) in [7, 11) is 0. The molecule has 0 saturated carbocycles. The van der Waals surface area contributed by atoms with Gasteiger partial charge in [-0.25, -0.2) is 0 Å². The Kier molecular flexibility index (Phi) is 12.2. The molecule has 0 spiro atoms. The van der Waals surface area contributed by atoms with Gasteiger partial charge in [-0.1, -0.05) is 6.42 Å². The molecule has 0 rings (SSSR count). The van der Waals surface area contributed by atoms with Crippen LogP contribution in [0.25, 0.3) is 0 Å². The lowest BCUT2D eigenvalue weighted by Crippen LogP contribution is -2.48. The third-order valence-electron chi connectivity index (χ3n) is 3.10. The SMILES string of the molecule is O=C(O)CNC(=O)C(CC(=O)O)NC(=O)CCCCC(S)CCS. The minimum atomic E-state index is -1.30. The second kappa shape index (κ2) is 12.9. The van der Waals surface area contributed by atoms with Crippen molar-refractivity contribution in [2.75, 3.05) is 12.3 Å². The van der Waals surface area contributed by atoms with E-state index in [1.807, 2.05) is 0 Å². The molecule has 0 saturated heterocycles. The van der Waals surface area contributed by atoms with Gasteiger partial charge < -0.3 is 20.8 Å². The number of rotatable bonds is 13. The highest BCUT2D eigenvalue weighted by Gasteiger charge is 2.23. The minimum absolute atomic E-state index is 0.156. The molecule has 138 valence electrons. The quantitative estimate of drug-likeness (QED) is 0.201. The number of hydrogen-bond acceptors (Lipinski definition) is 6. The van der Waals surface area contributed by atoms with E-state index >= 15 is 0 Å². The summed E-state index contributed by atoms with van der Waals surface area (Å²) in [6.45, 7) is -0.640. The largest absolute Gasteiger partial charge is 0.481 e. The van der Waals surface area contributed by atoms with E-state index in [1.165, 1.54) is 0 Å². The molecule has 2 atom stereocenters. The molecule has 0 bridgehead atoms. The molecule has 0 aliphatic rings. The average molecular weight is 380 g/mol. The van der Waals surface area contributed by atoms with Crippen molar-refractivity contribution in [1.82, 2.24) is 10.6 Å². The van der Waals surface area contributed by atoms with Crippen molar-refractivity contribution in [3.05, 3.63) is 0 Å². The van der Waals surface area contributed by atoms with E-state index in [0.29, 0.717) is 6.42 Å². The molecule has 10 heteroatoms. The van der Waals surface area contributed by atoms with Crippen LogP contribution in [0.3, 0.4) is 0 Å². The third kappa shape index (κ3) is 12.1. The molecule has 2 unspecified atom stereocenters. The summed E-state index contributed by atoms with van der Waals surface area (Å²) in [5, 5.41) is 21.9. The maximum absolute atomic E-state index is 11.8. The van der Waals surface area contributed by atoms with Crippen LogP contribution in [0.1, 0.15) is 38.5 Å². The van der Waals surface area contributed by atoms with Crippen LogP contribution >= 0.6 is 25.3 Å². The van der Waals surface area contributed by atoms with Gasteiger partial charge >= 0.3 is 11.9 Å². The zero-order chi connectivity index (χ0) is 18.5. The number of thiol groups is 2. The summed E-state index contributed by atoms with van der Waals surface area (Å²) in [6.07, 6.45) is 2.63. The van der Waals surface area contributed by atoms with E-state index in [4.69, 9.17) is 10.2 Å². The van der Waals surface area contributed by atoms with E-state index in [1.54, 1.807) is 0 Å². The van der Waals surface area contributed by atoms with Gasteiger partial charge in [0.15, 0.2) is 0 Å². The van der Waals surface area contributed by atoms with Crippen LogP contribution in [0.2, 0.25) is 0 Å². The zero-order valence-electron chi connectivity index (χ0n) is 13.2. The number of aliphatic carboxylic acids is 2. The number of amides is 2. The Morgan fingerprint density at radius 3 is 2.21 bits per heavy atom. The van der Waals surface area contributed by atoms with Gasteiger partial charge in [0.1, 0.15) is 12.6 Å². The molecular weight excluding hydrogens is 356 g/mol. The van der Waals surface area contributed by atoms with E-state index in [9.17, 15) is 19.2 Å². The van der Waals surface area contributed by atoms with Gasteiger partial charge in [0, 0.05) is 11.7 Å². The molecule has 0 heterocycles. The van der Waals surface area contributed by atoms with Crippen molar-refractivity contribution in [3.8, 4) is 0 Å². The van der Waals surface area contributed by atoms with Crippen LogP contribution in [0.15, 0.2) is 0 Å². The van der Waals surface area contributed by atoms with Crippen LogP contribution < -0.4 is 10.6 Å². The van der Waals surface area contributed by atoms with Gasteiger partial charge in [-0.3, -0.25) is 19.2 Å². The van der Waals surface area contributed by atoms with Crippen molar-refractivity contribution in [2.24, 2.45) is 0 Å². The molecule has 0 radical (unpaired) electrons. The Morgan fingerprint density at radius 1 is 1.00 bits per heavy atom. The first-order chi connectivity index (χ1) is 11.3. The summed E-state index contributed by atoms with van der Waals surface area (Å²) in [4.78, 5) is 44.7. The molecule has 0 aliphatic heterocycles. The Hall–Kier alpha value is -1.42. The molecule has 0 aromatic heterocycles. The lowest BCUT2D eigenvalue weighted by Gasteiger charge is -2.16. The van der Waals surface area contributed by atoms with Gasteiger partial charge in [-0.05, 0) is 25.0 Å². The van der Waals surface area contributed by atoms with Crippen molar-refractivity contribution in [1.29, 1.82) is 0 Å². The Balaban J connectivity index is 4.26. The first-order valence-electron chi connectivity index (χ1n) is 7.55. The Morgan fingerprint density at radius 2 is 1.67 bits per heavy atom. The topological polar surface area (TPSA) is 133 Å². The van der Waals surface area contributed by atoms with Crippen LogP contribution in [-0.4, -0.2) is 57.6 Å². The van der Waals surface area contributed by atoms with Crippen LogP contribution in [0, 0.1) is 0 Å². The van der Waals surface area contributed by atoms with Crippen molar-refractivity contribution in [3.63, 3.8) is 0 Å². The number of carboxylic acids is 2. The average Bonchev–Trinajstić information content (AvgIpc) is 2.48. The highest BCUT2D eigenvalue weighted by Crippen LogP contribution is 2.12. The zero-order valence-corrected chi connectivity index (χ0v) is 15.0. The molecule has 0 fully saturated rings. The number of carboxylic acid groups (broad SMARTS) is 2. The Bertz CT molecular complexity index is 447. The first kappa shape index (κ1) is 22.6. The lowest BCUT2D eigenvalue weighted by atomic mass is 10.1. The van der Waals surface area contributed by atoms with Gasteiger partial charge in [0.05, 0.1) is 6.42 Å². The maximum Gasteiger partial charge on any atom is 0.322 e. The first-order valence-corrected chi connectivity index (χ1v) is 8.70. The van der Waals surface area contributed by atoms with E-state index in [-0.39, 0.29) is 11.7 Å². The molecule has 4 N–H and O–H groups in total. The fraction of sp³-hybridized carbons (Fsp3) is 0.714. The molecule has 8 nitrogen and oxygen atoms in total. The van der Waals surface area contributed by atoms with Crippen LogP contribution in [0.4, 0.5) is 0 Å². The van der Waals surface area contributed by atoms with Crippen molar-refractivity contribution >= 4 is 49.0 Å². The molecule has 24 heavy (non-hydrogen) atoms. The van der Waals surface area contributed by atoms with Crippen molar-refractivity contribution < 1.29 is 29.4 Å². The fourth-order valence-corrected chi connectivity index (χ4v) is 2.72. The number of hydrogen-bond donors (Lipinski definition) is 6. The van der Waals surface area contributed by atoms with E-state index in [0.717, 1.165) is 25.0 Å². The third-order valence-corrected chi connectivity index (χ3v) is 3.87. The van der Waals surface area contributed by atoms with Crippen LogP contribution in [0.5, 0.6) is 0 Å². The van der Waals surface area contributed by atoms with Crippen molar-refractivity contribution in [2.45, 2.75) is 49.8 Å². The predicted molar refractivity (Wildman–Crippen MR) is 94.5 cm³/mol. The van der Waals surface area contributed by atoms with E-state index in [2.05, 4.69) is 35.9 Å². The number of unbranched alkanes of at least 4 members (excludes halogenated alkanes) is 1. The van der Waals surface area contributed by atoms with Gasteiger partial charge in [-0.15, -0.1) is 0 Å². The maximum atomic E-state index is 11.8. The summed E-state index contributed by atoms with van der Waals surface area (Å²) < 4.78 is 0. The normalized spacial score (nSPS) is 12.9. The van der Waals surface area contributed by atoms with Gasteiger partial charge in [0.25, 0.3) is 0 Å². The van der Waals surface area contributed by atoms with E-state index < -0.39 is 42.8 Å². The van der Waals surface area contributed by atoms with Gasteiger partial charge in [0.2, 0.25) is 11.8 Å². The minimum Gasteiger partial charge on any atom is -0.481 e. The molecule has 2 amide bonds. The molecular formula is C14H24N2O6S2.